The molecule has 25 heavy (non-hydrogen) atoms. The van der Waals surface area contributed by atoms with Crippen molar-refractivity contribution in [3.05, 3.63) is 39.9 Å². The van der Waals surface area contributed by atoms with Crippen LogP contribution in [0, 0.1) is 16.0 Å². The second kappa shape index (κ2) is 7.21. The molecule has 1 heterocycles. The molecule has 134 valence electrons. The van der Waals surface area contributed by atoms with Gasteiger partial charge in [-0.25, -0.2) is 0 Å². The third kappa shape index (κ3) is 3.81. The van der Waals surface area contributed by atoms with Gasteiger partial charge >= 0.3 is 5.97 Å². The van der Waals surface area contributed by atoms with Gasteiger partial charge in [0.2, 0.25) is 5.91 Å². The lowest BCUT2D eigenvalue weighted by Crippen LogP contribution is -2.35. The zero-order valence-electron chi connectivity index (χ0n) is 14.2. The molecule has 0 aromatic heterocycles. The van der Waals surface area contributed by atoms with Crippen LogP contribution in [0.15, 0.2) is 24.3 Å². The second-order valence-corrected chi connectivity index (χ2v) is 6.82. The molecule has 2 aliphatic rings. The van der Waals surface area contributed by atoms with Gasteiger partial charge < -0.3 is 9.64 Å². The molecule has 0 spiro atoms. The standard InChI is InChI=1S/C18H22N2O5/c1-12(13-5-4-8-16(9-13)20(23)24)25-18(22)14-10-17(21)19(11-14)15-6-2-3-7-15/h4-5,8-9,12,14-15H,2-3,6-7,10-11H2,1H3/t12-,14-/m0/s1. The van der Waals surface area contributed by atoms with Crippen molar-refractivity contribution in [2.45, 2.75) is 51.2 Å². The molecular weight excluding hydrogens is 324 g/mol. The molecule has 7 nitrogen and oxygen atoms in total. The Morgan fingerprint density at radius 1 is 1.36 bits per heavy atom. The number of benzene rings is 1. The topological polar surface area (TPSA) is 89.8 Å². The Morgan fingerprint density at radius 3 is 2.76 bits per heavy atom. The minimum absolute atomic E-state index is 0.0249. The van der Waals surface area contributed by atoms with Crippen molar-refractivity contribution in [1.82, 2.24) is 4.90 Å². The van der Waals surface area contributed by atoms with Crippen molar-refractivity contribution in [2.24, 2.45) is 5.92 Å². The number of rotatable bonds is 5. The number of hydrogen-bond donors (Lipinski definition) is 0. The van der Waals surface area contributed by atoms with Gasteiger partial charge in [0.1, 0.15) is 6.10 Å². The number of hydrogen-bond acceptors (Lipinski definition) is 5. The average molecular weight is 346 g/mol. The maximum Gasteiger partial charge on any atom is 0.311 e. The second-order valence-electron chi connectivity index (χ2n) is 6.82. The predicted octanol–water partition coefficient (Wildman–Crippen LogP) is 2.99. The molecule has 1 aliphatic carbocycles. The van der Waals surface area contributed by atoms with Crippen LogP contribution in [0.3, 0.4) is 0 Å². The van der Waals surface area contributed by atoms with E-state index in [9.17, 15) is 19.7 Å². The lowest BCUT2D eigenvalue weighted by molar-refractivity contribution is -0.385. The van der Waals surface area contributed by atoms with E-state index in [1.54, 1.807) is 19.1 Å². The first kappa shape index (κ1) is 17.4. The normalized spacial score (nSPS) is 22.2. The molecular formula is C18H22N2O5. The third-order valence-corrected chi connectivity index (χ3v) is 5.10. The molecule has 1 aromatic rings. The average Bonchev–Trinajstić information content (AvgIpc) is 3.24. The maximum atomic E-state index is 12.4. The minimum atomic E-state index is -0.594. The van der Waals surface area contributed by atoms with Crippen molar-refractivity contribution < 1.29 is 19.2 Å². The smallest absolute Gasteiger partial charge is 0.311 e. The van der Waals surface area contributed by atoms with Crippen molar-refractivity contribution in [3.8, 4) is 0 Å². The summed E-state index contributed by atoms with van der Waals surface area (Å²) < 4.78 is 5.47. The number of non-ortho nitro benzene ring substituents is 1. The highest BCUT2D eigenvalue weighted by Crippen LogP contribution is 2.31. The molecule has 2 fully saturated rings. The van der Waals surface area contributed by atoms with Crippen molar-refractivity contribution in [3.63, 3.8) is 0 Å². The molecule has 0 N–H and O–H groups in total. The molecule has 0 unspecified atom stereocenters. The summed E-state index contributed by atoms with van der Waals surface area (Å²) in [6.45, 7) is 2.10. The molecule has 1 aromatic carbocycles. The Balaban J connectivity index is 1.61. The number of nitrogens with zero attached hydrogens (tertiary/aromatic N) is 2. The number of carbonyl (C=O) groups excluding carboxylic acids is 2. The van der Waals surface area contributed by atoms with Crippen molar-refractivity contribution >= 4 is 17.6 Å². The lowest BCUT2D eigenvalue weighted by atomic mass is 10.1. The van der Waals surface area contributed by atoms with Crippen LogP contribution in [0.4, 0.5) is 5.69 Å². The first-order valence-corrected chi connectivity index (χ1v) is 8.70. The van der Waals surface area contributed by atoms with E-state index in [4.69, 9.17) is 4.74 Å². The fraction of sp³-hybridized carbons (Fsp3) is 0.556. The highest BCUT2D eigenvalue weighted by molar-refractivity contribution is 5.87. The number of ether oxygens (including phenoxy) is 1. The Hall–Kier alpha value is -2.44. The third-order valence-electron chi connectivity index (χ3n) is 5.10. The van der Waals surface area contributed by atoms with Gasteiger partial charge in [-0.05, 0) is 25.3 Å². The van der Waals surface area contributed by atoms with Crippen LogP contribution < -0.4 is 0 Å². The number of likely N-dealkylation sites (tertiary alicyclic amines) is 1. The highest BCUT2D eigenvalue weighted by atomic mass is 16.6. The Bertz CT molecular complexity index is 684. The van der Waals surface area contributed by atoms with Crippen LogP contribution in [-0.4, -0.2) is 34.3 Å². The largest absolute Gasteiger partial charge is 0.458 e. The molecule has 2 atom stereocenters. The van der Waals surface area contributed by atoms with Crippen molar-refractivity contribution in [1.29, 1.82) is 0 Å². The van der Waals surface area contributed by atoms with Gasteiger partial charge in [0.05, 0.1) is 10.8 Å². The van der Waals surface area contributed by atoms with Crippen LogP contribution >= 0.6 is 0 Å². The number of amides is 1. The number of nitro groups is 1. The molecule has 1 saturated carbocycles. The molecule has 0 bridgehead atoms. The number of carbonyl (C=O) groups is 2. The fourth-order valence-electron chi connectivity index (χ4n) is 3.69. The summed E-state index contributed by atoms with van der Waals surface area (Å²) in [6.07, 6.45) is 3.88. The maximum absolute atomic E-state index is 12.4. The van der Waals surface area contributed by atoms with E-state index in [-0.39, 0.29) is 24.1 Å². The van der Waals surface area contributed by atoms with Gasteiger partial charge in [-0.3, -0.25) is 19.7 Å². The summed E-state index contributed by atoms with van der Waals surface area (Å²) in [5.41, 5.74) is 0.531. The highest BCUT2D eigenvalue weighted by Gasteiger charge is 2.39. The SMILES string of the molecule is C[C@H](OC(=O)[C@H]1CC(=O)N(C2CCCC2)C1)c1cccc([N+](=O)[O-])c1. The summed E-state index contributed by atoms with van der Waals surface area (Å²) >= 11 is 0. The monoisotopic (exact) mass is 346 g/mol. The van der Waals surface area contributed by atoms with E-state index in [0.29, 0.717) is 12.1 Å². The summed E-state index contributed by atoms with van der Waals surface area (Å²) in [7, 11) is 0. The summed E-state index contributed by atoms with van der Waals surface area (Å²) in [6, 6.07) is 6.32. The van der Waals surface area contributed by atoms with Gasteiger partial charge in [0, 0.05) is 31.1 Å². The van der Waals surface area contributed by atoms with E-state index in [0.717, 1.165) is 25.7 Å². The van der Waals surface area contributed by atoms with Crippen LogP contribution in [0.1, 0.15) is 50.7 Å². The Morgan fingerprint density at radius 2 is 2.08 bits per heavy atom. The van der Waals surface area contributed by atoms with E-state index in [2.05, 4.69) is 0 Å². The van der Waals surface area contributed by atoms with E-state index < -0.39 is 22.9 Å². The molecule has 3 rings (SSSR count). The summed E-state index contributed by atoms with van der Waals surface area (Å²) in [5, 5.41) is 10.9. The van der Waals surface area contributed by atoms with Crippen LogP contribution in [0.5, 0.6) is 0 Å². The van der Waals surface area contributed by atoms with Gasteiger partial charge in [-0.1, -0.05) is 25.0 Å². The zero-order chi connectivity index (χ0) is 18.0. The number of esters is 1. The van der Waals surface area contributed by atoms with E-state index in [1.807, 2.05) is 4.90 Å². The molecule has 1 aliphatic heterocycles. The molecule has 0 radical (unpaired) electrons. The molecule has 1 saturated heterocycles. The van der Waals surface area contributed by atoms with Crippen LogP contribution in [-0.2, 0) is 14.3 Å². The van der Waals surface area contributed by atoms with Crippen molar-refractivity contribution in [2.75, 3.05) is 6.54 Å². The summed E-state index contributed by atoms with van der Waals surface area (Å²) in [5.74, 6) is -0.834. The number of nitro benzene ring substituents is 1. The molecule has 7 heteroatoms. The molecule has 1 amide bonds. The minimum Gasteiger partial charge on any atom is -0.458 e. The fourth-order valence-corrected chi connectivity index (χ4v) is 3.69. The van der Waals surface area contributed by atoms with E-state index in [1.165, 1.54) is 12.1 Å². The van der Waals surface area contributed by atoms with Gasteiger partial charge in [-0.2, -0.15) is 0 Å². The first-order valence-electron chi connectivity index (χ1n) is 8.70. The zero-order valence-corrected chi connectivity index (χ0v) is 14.2. The predicted molar refractivity (Wildman–Crippen MR) is 89.7 cm³/mol. The first-order chi connectivity index (χ1) is 12.0. The van der Waals surface area contributed by atoms with E-state index >= 15 is 0 Å². The van der Waals surface area contributed by atoms with Crippen LogP contribution in [0.25, 0.3) is 0 Å². The quantitative estimate of drug-likeness (QED) is 0.464. The summed E-state index contributed by atoms with van der Waals surface area (Å²) in [4.78, 5) is 36.8. The van der Waals surface area contributed by atoms with Gasteiger partial charge in [0.25, 0.3) is 5.69 Å². The van der Waals surface area contributed by atoms with Gasteiger partial charge in [0.15, 0.2) is 0 Å². The van der Waals surface area contributed by atoms with Crippen LogP contribution in [0.2, 0.25) is 0 Å². The van der Waals surface area contributed by atoms with Gasteiger partial charge in [-0.15, -0.1) is 0 Å². The lowest BCUT2D eigenvalue weighted by Gasteiger charge is -2.24. The Labute approximate surface area is 146 Å². The Kier molecular flexibility index (Phi) is 5.01.